The van der Waals surface area contributed by atoms with Gasteiger partial charge in [0.15, 0.2) is 0 Å². The molecular formula is C9H9N3. The predicted octanol–water partition coefficient (Wildman–Crippen LogP) is 1.52. The fourth-order valence-electron chi connectivity index (χ4n) is 1.21. The van der Waals surface area contributed by atoms with Crippen LogP contribution in [0.25, 0.3) is 10.8 Å². The number of nitrogens with zero attached hydrogens (tertiary/aromatic N) is 2. The van der Waals surface area contributed by atoms with Gasteiger partial charge in [0.2, 0.25) is 0 Å². The second kappa shape index (κ2) is 2.44. The molecule has 0 unspecified atom stereocenters. The minimum absolute atomic E-state index is 0.794. The monoisotopic (exact) mass is 159 g/mol. The molecule has 0 aliphatic rings. The fourth-order valence-corrected chi connectivity index (χ4v) is 1.21. The molecule has 3 nitrogen and oxygen atoms in total. The van der Waals surface area contributed by atoms with E-state index in [2.05, 4.69) is 10.2 Å². The van der Waals surface area contributed by atoms with Crippen molar-refractivity contribution in [1.82, 2.24) is 10.2 Å². The first-order valence-electron chi connectivity index (χ1n) is 3.74. The number of benzene rings is 1. The molecule has 3 heteroatoms. The number of aromatic nitrogens is 2. The zero-order valence-corrected chi connectivity index (χ0v) is 6.78. The highest BCUT2D eigenvalue weighted by atomic mass is 15.1. The molecule has 0 radical (unpaired) electrons. The van der Waals surface area contributed by atoms with Gasteiger partial charge in [-0.15, -0.1) is 0 Å². The molecule has 0 fully saturated rings. The third kappa shape index (κ3) is 0.906. The van der Waals surface area contributed by atoms with Crippen LogP contribution >= 0.6 is 0 Å². The first kappa shape index (κ1) is 7.03. The number of fused-ring (bicyclic) bond motifs is 1. The summed E-state index contributed by atoms with van der Waals surface area (Å²) < 4.78 is 0. The van der Waals surface area contributed by atoms with Gasteiger partial charge in [-0.3, -0.25) is 0 Å². The average Bonchev–Trinajstić information content (AvgIpc) is 2.12. The lowest BCUT2D eigenvalue weighted by Gasteiger charge is -2.02. The van der Waals surface area contributed by atoms with Gasteiger partial charge in [-0.2, -0.15) is 10.2 Å². The van der Waals surface area contributed by atoms with E-state index in [1.54, 1.807) is 12.4 Å². The lowest BCUT2D eigenvalue weighted by atomic mass is 10.1. The van der Waals surface area contributed by atoms with Crippen LogP contribution in [0.1, 0.15) is 5.56 Å². The van der Waals surface area contributed by atoms with Gasteiger partial charge < -0.3 is 5.73 Å². The summed E-state index contributed by atoms with van der Waals surface area (Å²) in [6.07, 6.45) is 3.41. The van der Waals surface area contributed by atoms with Crippen LogP contribution in [0.4, 0.5) is 5.69 Å². The van der Waals surface area contributed by atoms with Gasteiger partial charge in [0.1, 0.15) is 0 Å². The van der Waals surface area contributed by atoms with Crippen molar-refractivity contribution in [2.75, 3.05) is 5.73 Å². The standard InChI is InChI=1S/C9H9N3/c1-6-2-3-7-4-11-12-5-8(7)9(6)10/h2-5H,10H2,1H3. The number of nitrogens with two attached hydrogens (primary N) is 1. The van der Waals surface area contributed by atoms with Crippen molar-refractivity contribution in [3.63, 3.8) is 0 Å². The summed E-state index contributed by atoms with van der Waals surface area (Å²) >= 11 is 0. The quantitative estimate of drug-likeness (QED) is 0.593. The molecule has 12 heavy (non-hydrogen) atoms. The molecule has 0 saturated heterocycles. The van der Waals surface area contributed by atoms with Gasteiger partial charge in [-0.05, 0) is 12.5 Å². The van der Waals surface area contributed by atoms with E-state index in [4.69, 9.17) is 5.73 Å². The lowest BCUT2D eigenvalue weighted by Crippen LogP contribution is -1.92. The van der Waals surface area contributed by atoms with Crippen molar-refractivity contribution in [3.8, 4) is 0 Å². The molecule has 60 valence electrons. The van der Waals surface area contributed by atoms with Crippen LogP contribution in [0, 0.1) is 6.92 Å². The highest BCUT2D eigenvalue weighted by Gasteiger charge is 1.99. The molecular weight excluding hydrogens is 150 g/mol. The summed E-state index contributed by atoms with van der Waals surface area (Å²) in [5, 5.41) is 9.58. The van der Waals surface area contributed by atoms with Crippen LogP contribution in [-0.4, -0.2) is 10.2 Å². The summed E-state index contributed by atoms with van der Waals surface area (Å²) in [5.41, 5.74) is 7.72. The molecule has 1 heterocycles. The smallest absolute Gasteiger partial charge is 0.0595 e. The summed E-state index contributed by atoms with van der Waals surface area (Å²) in [7, 11) is 0. The summed E-state index contributed by atoms with van der Waals surface area (Å²) in [5.74, 6) is 0. The fraction of sp³-hybridized carbons (Fsp3) is 0.111. The van der Waals surface area contributed by atoms with Crippen molar-refractivity contribution < 1.29 is 0 Å². The third-order valence-electron chi connectivity index (χ3n) is 1.99. The van der Waals surface area contributed by atoms with Crippen LogP contribution in [-0.2, 0) is 0 Å². The second-order valence-electron chi connectivity index (χ2n) is 2.79. The average molecular weight is 159 g/mol. The number of aryl methyl sites for hydroxylation is 1. The Hall–Kier alpha value is -1.64. The zero-order valence-electron chi connectivity index (χ0n) is 6.78. The van der Waals surface area contributed by atoms with E-state index >= 15 is 0 Å². The first-order valence-corrected chi connectivity index (χ1v) is 3.74. The van der Waals surface area contributed by atoms with Gasteiger partial charge in [0.25, 0.3) is 0 Å². The molecule has 2 aromatic rings. The summed E-state index contributed by atoms with van der Waals surface area (Å²) in [6, 6.07) is 3.98. The largest absolute Gasteiger partial charge is 0.398 e. The Labute approximate surface area is 70.2 Å². The Morgan fingerprint density at radius 2 is 1.92 bits per heavy atom. The topological polar surface area (TPSA) is 51.8 Å². The third-order valence-corrected chi connectivity index (χ3v) is 1.99. The Morgan fingerprint density at radius 1 is 1.17 bits per heavy atom. The molecule has 0 bridgehead atoms. The Morgan fingerprint density at radius 3 is 2.75 bits per heavy atom. The van der Waals surface area contributed by atoms with E-state index in [-0.39, 0.29) is 0 Å². The van der Waals surface area contributed by atoms with Gasteiger partial charge in [0, 0.05) is 16.5 Å². The van der Waals surface area contributed by atoms with Crippen molar-refractivity contribution >= 4 is 16.5 Å². The van der Waals surface area contributed by atoms with E-state index in [1.807, 2.05) is 19.1 Å². The Bertz CT molecular complexity index is 423. The lowest BCUT2D eigenvalue weighted by molar-refractivity contribution is 1.05. The maximum absolute atomic E-state index is 5.85. The highest BCUT2D eigenvalue weighted by Crippen LogP contribution is 2.21. The molecule has 0 spiro atoms. The SMILES string of the molecule is Cc1ccc2cnncc2c1N. The van der Waals surface area contributed by atoms with Crippen LogP contribution in [0.3, 0.4) is 0 Å². The van der Waals surface area contributed by atoms with Crippen molar-refractivity contribution in [2.24, 2.45) is 0 Å². The number of nitrogen functional groups attached to an aromatic ring is 1. The Balaban J connectivity index is 2.91. The predicted molar refractivity (Wildman–Crippen MR) is 48.7 cm³/mol. The summed E-state index contributed by atoms with van der Waals surface area (Å²) in [6.45, 7) is 1.98. The molecule has 1 aromatic carbocycles. The Kier molecular flexibility index (Phi) is 1.43. The van der Waals surface area contributed by atoms with E-state index in [0.29, 0.717) is 0 Å². The first-order chi connectivity index (χ1) is 5.79. The van der Waals surface area contributed by atoms with Crippen molar-refractivity contribution in [2.45, 2.75) is 6.92 Å². The maximum atomic E-state index is 5.85. The maximum Gasteiger partial charge on any atom is 0.0595 e. The molecule has 2 rings (SSSR count). The van der Waals surface area contributed by atoms with Gasteiger partial charge in [-0.1, -0.05) is 12.1 Å². The molecule has 0 aliphatic heterocycles. The molecule has 0 aliphatic carbocycles. The van der Waals surface area contributed by atoms with E-state index < -0.39 is 0 Å². The normalized spacial score (nSPS) is 10.4. The molecule has 2 N–H and O–H groups in total. The molecule has 0 saturated carbocycles. The molecule has 0 amide bonds. The zero-order chi connectivity index (χ0) is 8.55. The van der Waals surface area contributed by atoms with Gasteiger partial charge in [-0.25, -0.2) is 0 Å². The van der Waals surface area contributed by atoms with Crippen molar-refractivity contribution in [3.05, 3.63) is 30.1 Å². The number of anilines is 1. The highest BCUT2D eigenvalue weighted by molar-refractivity contribution is 5.92. The van der Waals surface area contributed by atoms with Gasteiger partial charge in [0.05, 0.1) is 12.4 Å². The second-order valence-corrected chi connectivity index (χ2v) is 2.79. The minimum atomic E-state index is 0.794. The van der Waals surface area contributed by atoms with Crippen LogP contribution < -0.4 is 5.73 Å². The molecule has 1 aromatic heterocycles. The van der Waals surface area contributed by atoms with Crippen LogP contribution in [0.2, 0.25) is 0 Å². The summed E-state index contributed by atoms with van der Waals surface area (Å²) in [4.78, 5) is 0. The number of hydrogen-bond acceptors (Lipinski definition) is 3. The van der Waals surface area contributed by atoms with E-state index in [9.17, 15) is 0 Å². The van der Waals surface area contributed by atoms with Crippen molar-refractivity contribution in [1.29, 1.82) is 0 Å². The minimum Gasteiger partial charge on any atom is -0.398 e. The van der Waals surface area contributed by atoms with E-state index in [1.165, 1.54) is 0 Å². The van der Waals surface area contributed by atoms with Gasteiger partial charge >= 0.3 is 0 Å². The van der Waals surface area contributed by atoms with Crippen LogP contribution in [0.15, 0.2) is 24.5 Å². The number of rotatable bonds is 0. The number of hydrogen-bond donors (Lipinski definition) is 1. The molecule has 0 atom stereocenters. The van der Waals surface area contributed by atoms with Crippen LogP contribution in [0.5, 0.6) is 0 Å². The van der Waals surface area contributed by atoms with E-state index in [0.717, 1.165) is 22.0 Å².